The van der Waals surface area contributed by atoms with E-state index >= 15 is 0 Å². The minimum Gasteiger partial charge on any atom is -0.480 e. The Balaban J connectivity index is 2.18. The van der Waals surface area contributed by atoms with Gasteiger partial charge in [-0.05, 0) is 35.4 Å². The van der Waals surface area contributed by atoms with Crippen molar-refractivity contribution in [1.82, 2.24) is 9.97 Å². The maximum atomic E-state index is 12.9. The normalized spacial score (nSPS) is 10.6. The Hall–Kier alpha value is -2.49. The van der Waals surface area contributed by atoms with Crippen LogP contribution >= 0.6 is 0 Å². The Morgan fingerprint density at radius 2 is 1.68 bits per heavy atom. The van der Waals surface area contributed by atoms with Gasteiger partial charge >= 0.3 is 0 Å². The first-order chi connectivity index (χ1) is 9.28. The molecule has 0 saturated heterocycles. The summed E-state index contributed by atoms with van der Waals surface area (Å²) in [5.74, 6) is 0.291. The van der Waals surface area contributed by atoms with E-state index in [1.165, 1.54) is 18.5 Å². The van der Waals surface area contributed by atoms with Gasteiger partial charge in [-0.3, -0.25) is 0 Å². The number of fused-ring (bicyclic) bond motifs is 1. The molecule has 0 aliphatic carbocycles. The van der Waals surface area contributed by atoms with Gasteiger partial charge in [0.05, 0.1) is 18.0 Å². The van der Waals surface area contributed by atoms with Gasteiger partial charge in [-0.2, -0.15) is 0 Å². The molecule has 1 heterocycles. The molecular weight excluding hydrogens is 243 g/mol. The second-order valence-electron chi connectivity index (χ2n) is 4.12. The standard InChI is InChI=1S/C15H11FN2O/c1-19-15-13-8-11(4-7-14(13)17-9-18-15)10-2-5-12(16)6-3-10/h2-9H,1H3. The van der Waals surface area contributed by atoms with E-state index < -0.39 is 0 Å². The molecule has 4 heteroatoms. The second kappa shape index (κ2) is 4.65. The van der Waals surface area contributed by atoms with E-state index in [9.17, 15) is 4.39 Å². The molecule has 0 bridgehead atoms. The number of rotatable bonds is 2. The smallest absolute Gasteiger partial charge is 0.224 e. The average molecular weight is 254 g/mol. The highest BCUT2D eigenvalue weighted by Gasteiger charge is 2.06. The topological polar surface area (TPSA) is 35.0 Å². The fourth-order valence-corrected chi connectivity index (χ4v) is 2.02. The van der Waals surface area contributed by atoms with E-state index in [1.54, 1.807) is 19.2 Å². The summed E-state index contributed by atoms with van der Waals surface area (Å²) in [6.45, 7) is 0. The van der Waals surface area contributed by atoms with Crippen molar-refractivity contribution in [3.05, 3.63) is 54.6 Å². The molecule has 0 saturated carbocycles. The van der Waals surface area contributed by atoms with Crippen molar-refractivity contribution in [2.24, 2.45) is 0 Å². The van der Waals surface area contributed by atoms with Crippen LogP contribution in [0, 0.1) is 5.82 Å². The van der Waals surface area contributed by atoms with Crippen molar-refractivity contribution in [3.63, 3.8) is 0 Å². The van der Waals surface area contributed by atoms with E-state index in [2.05, 4.69) is 9.97 Å². The van der Waals surface area contributed by atoms with Crippen LogP contribution in [0.1, 0.15) is 0 Å². The lowest BCUT2D eigenvalue weighted by atomic mass is 10.0. The summed E-state index contributed by atoms with van der Waals surface area (Å²) in [6.07, 6.45) is 1.47. The van der Waals surface area contributed by atoms with E-state index in [0.717, 1.165) is 22.0 Å². The number of hydrogen-bond donors (Lipinski definition) is 0. The van der Waals surface area contributed by atoms with Gasteiger partial charge in [-0.15, -0.1) is 0 Å². The molecule has 0 spiro atoms. The summed E-state index contributed by atoms with van der Waals surface area (Å²) in [4.78, 5) is 8.27. The third-order valence-electron chi connectivity index (χ3n) is 2.97. The summed E-state index contributed by atoms with van der Waals surface area (Å²) in [5, 5.41) is 0.840. The maximum absolute atomic E-state index is 12.9. The van der Waals surface area contributed by atoms with E-state index in [4.69, 9.17) is 4.74 Å². The van der Waals surface area contributed by atoms with Gasteiger partial charge in [-0.1, -0.05) is 18.2 Å². The average Bonchev–Trinajstić information content (AvgIpc) is 2.47. The SMILES string of the molecule is COc1ncnc2ccc(-c3ccc(F)cc3)cc12. The molecule has 0 fully saturated rings. The van der Waals surface area contributed by atoms with Crippen LogP contribution < -0.4 is 4.74 Å². The van der Waals surface area contributed by atoms with E-state index in [0.29, 0.717) is 5.88 Å². The summed E-state index contributed by atoms with van der Waals surface area (Å²) in [6, 6.07) is 12.2. The molecule has 0 N–H and O–H groups in total. The molecule has 0 aliphatic rings. The van der Waals surface area contributed by atoms with Crippen LogP contribution in [-0.4, -0.2) is 17.1 Å². The van der Waals surface area contributed by atoms with Crippen molar-refractivity contribution in [2.45, 2.75) is 0 Å². The third kappa shape index (κ3) is 2.12. The van der Waals surface area contributed by atoms with Gasteiger partial charge < -0.3 is 4.74 Å². The fraction of sp³-hybridized carbons (Fsp3) is 0.0667. The number of halogens is 1. The van der Waals surface area contributed by atoms with Crippen LogP contribution in [0.2, 0.25) is 0 Å². The number of ether oxygens (including phenoxy) is 1. The number of aromatic nitrogens is 2. The first-order valence-corrected chi connectivity index (χ1v) is 5.82. The van der Waals surface area contributed by atoms with Gasteiger partial charge in [0.2, 0.25) is 5.88 Å². The molecule has 19 heavy (non-hydrogen) atoms. The Morgan fingerprint density at radius 3 is 2.42 bits per heavy atom. The Labute approximate surface area is 109 Å². The molecular formula is C15H11FN2O. The summed E-state index contributed by atoms with van der Waals surface area (Å²) in [5.41, 5.74) is 2.73. The monoisotopic (exact) mass is 254 g/mol. The van der Waals surface area contributed by atoms with Crippen molar-refractivity contribution in [2.75, 3.05) is 7.11 Å². The van der Waals surface area contributed by atoms with Gasteiger partial charge in [-0.25, -0.2) is 14.4 Å². The minimum absolute atomic E-state index is 0.245. The lowest BCUT2D eigenvalue weighted by molar-refractivity contribution is 0.402. The Morgan fingerprint density at radius 1 is 0.947 bits per heavy atom. The molecule has 2 aromatic carbocycles. The minimum atomic E-state index is -0.245. The molecule has 3 nitrogen and oxygen atoms in total. The summed E-state index contributed by atoms with van der Waals surface area (Å²) < 4.78 is 18.2. The van der Waals surface area contributed by atoms with Crippen LogP contribution in [0.25, 0.3) is 22.0 Å². The van der Waals surface area contributed by atoms with Crippen LogP contribution in [0.5, 0.6) is 5.88 Å². The molecule has 0 unspecified atom stereocenters. The second-order valence-corrected chi connectivity index (χ2v) is 4.12. The zero-order valence-corrected chi connectivity index (χ0v) is 10.3. The first-order valence-electron chi connectivity index (χ1n) is 5.82. The summed E-state index contributed by atoms with van der Waals surface area (Å²) in [7, 11) is 1.58. The highest BCUT2D eigenvalue weighted by atomic mass is 19.1. The Bertz CT molecular complexity index is 726. The zero-order chi connectivity index (χ0) is 13.2. The fourth-order valence-electron chi connectivity index (χ4n) is 2.02. The number of methoxy groups -OCH3 is 1. The predicted octanol–water partition coefficient (Wildman–Crippen LogP) is 3.44. The molecule has 0 aliphatic heterocycles. The molecule has 3 aromatic rings. The van der Waals surface area contributed by atoms with Crippen LogP contribution in [0.3, 0.4) is 0 Å². The number of nitrogens with zero attached hydrogens (tertiary/aromatic N) is 2. The van der Waals surface area contributed by atoms with Crippen LogP contribution in [-0.2, 0) is 0 Å². The zero-order valence-electron chi connectivity index (χ0n) is 10.3. The van der Waals surface area contributed by atoms with Crippen molar-refractivity contribution < 1.29 is 9.13 Å². The predicted molar refractivity (Wildman–Crippen MR) is 71.5 cm³/mol. The highest BCUT2D eigenvalue weighted by molar-refractivity contribution is 5.88. The molecule has 94 valence electrons. The lowest BCUT2D eigenvalue weighted by Gasteiger charge is -2.06. The molecule has 1 aromatic heterocycles. The lowest BCUT2D eigenvalue weighted by Crippen LogP contribution is -1.91. The first kappa shape index (κ1) is 11.6. The molecule has 0 radical (unpaired) electrons. The van der Waals surface area contributed by atoms with Crippen molar-refractivity contribution in [1.29, 1.82) is 0 Å². The van der Waals surface area contributed by atoms with Crippen LogP contribution in [0.4, 0.5) is 4.39 Å². The maximum Gasteiger partial charge on any atom is 0.224 e. The van der Waals surface area contributed by atoms with E-state index in [-0.39, 0.29) is 5.82 Å². The molecule has 3 rings (SSSR count). The Kier molecular flexibility index (Phi) is 2.83. The van der Waals surface area contributed by atoms with Gasteiger partial charge in [0.25, 0.3) is 0 Å². The summed E-state index contributed by atoms with van der Waals surface area (Å²) >= 11 is 0. The number of hydrogen-bond acceptors (Lipinski definition) is 3. The van der Waals surface area contributed by atoms with E-state index in [1.807, 2.05) is 18.2 Å². The molecule has 0 atom stereocenters. The quantitative estimate of drug-likeness (QED) is 0.702. The van der Waals surface area contributed by atoms with Crippen molar-refractivity contribution in [3.8, 4) is 17.0 Å². The van der Waals surface area contributed by atoms with Crippen LogP contribution in [0.15, 0.2) is 48.8 Å². The van der Waals surface area contributed by atoms with Gasteiger partial charge in [0, 0.05) is 0 Å². The number of benzene rings is 2. The van der Waals surface area contributed by atoms with Gasteiger partial charge in [0.1, 0.15) is 12.1 Å². The molecule has 0 amide bonds. The van der Waals surface area contributed by atoms with Crippen molar-refractivity contribution >= 4 is 10.9 Å². The third-order valence-corrected chi connectivity index (χ3v) is 2.97. The van der Waals surface area contributed by atoms with Gasteiger partial charge in [0.15, 0.2) is 0 Å². The highest BCUT2D eigenvalue weighted by Crippen LogP contribution is 2.27. The largest absolute Gasteiger partial charge is 0.480 e.